The van der Waals surface area contributed by atoms with Gasteiger partial charge in [-0.3, -0.25) is 0 Å². The molecule has 0 fully saturated rings. The number of nitrogens with two attached hydrogens (primary N) is 1. The van der Waals surface area contributed by atoms with E-state index < -0.39 is 0 Å². The molecule has 0 spiro atoms. The van der Waals surface area contributed by atoms with Crippen LogP contribution in [0.3, 0.4) is 0 Å². The lowest BCUT2D eigenvalue weighted by Crippen LogP contribution is -2.18. The molecule has 1 unspecified atom stereocenters. The third-order valence-electron chi connectivity index (χ3n) is 1.81. The van der Waals surface area contributed by atoms with E-state index in [2.05, 4.69) is 41.1 Å². The molecular weight excluding hydrogens is 214 g/mol. The van der Waals surface area contributed by atoms with Crippen molar-refractivity contribution in [3.05, 3.63) is 33.8 Å². The van der Waals surface area contributed by atoms with E-state index in [0.717, 1.165) is 6.42 Å². The molecule has 1 rings (SSSR count). The minimum Gasteiger partial charge on any atom is -0.328 e. The van der Waals surface area contributed by atoms with Gasteiger partial charge >= 0.3 is 0 Å². The maximum absolute atomic E-state index is 5.72. The molecule has 0 aliphatic carbocycles. The molecule has 0 radical (unpaired) electrons. The lowest BCUT2D eigenvalue weighted by atomic mass is 10.1. The Kier molecular flexibility index (Phi) is 3.29. The largest absolute Gasteiger partial charge is 0.328 e. The molecule has 0 bridgehead atoms. The van der Waals surface area contributed by atoms with E-state index >= 15 is 0 Å². The highest BCUT2D eigenvalue weighted by Gasteiger charge is 2.03. The molecule has 1 aromatic rings. The molecular formula is C10H14BrN. The summed E-state index contributed by atoms with van der Waals surface area (Å²) in [5, 5.41) is 0. The summed E-state index contributed by atoms with van der Waals surface area (Å²) in [6.07, 6.45) is 0.933. The van der Waals surface area contributed by atoms with Crippen molar-refractivity contribution in [2.24, 2.45) is 5.73 Å². The Morgan fingerprint density at radius 2 is 2.17 bits per heavy atom. The van der Waals surface area contributed by atoms with Gasteiger partial charge in [0.1, 0.15) is 0 Å². The van der Waals surface area contributed by atoms with Crippen molar-refractivity contribution in [3.8, 4) is 0 Å². The fourth-order valence-electron chi connectivity index (χ4n) is 1.21. The van der Waals surface area contributed by atoms with Gasteiger partial charge in [-0.25, -0.2) is 0 Å². The van der Waals surface area contributed by atoms with Crippen LogP contribution < -0.4 is 5.73 Å². The average molecular weight is 228 g/mol. The molecule has 0 amide bonds. The SMILES string of the molecule is Cc1cccc(CC(C)N)c1Br. The van der Waals surface area contributed by atoms with Crippen molar-refractivity contribution in [2.75, 3.05) is 0 Å². The summed E-state index contributed by atoms with van der Waals surface area (Å²) in [6.45, 7) is 4.11. The molecule has 0 saturated heterocycles. The zero-order valence-corrected chi connectivity index (χ0v) is 9.06. The first-order valence-corrected chi connectivity index (χ1v) is 4.90. The van der Waals surface area contributed by atoms with Crippen LogP contribution in [-0.4, -0.2) is 6.04 Å². The van der Waals surface area contributed by atoms with Crippen LogP contribution in [0, 0.1) is 6.92 Å². The van der Waals surface area contributed by atoms with Crippen molar-refractivity contribution >= 4 is 15.9 Å². The van der Waals surface area contributed by atoms with Crippen molar-refractivity contribution in [2.45, 2.75) is 26.3 Å². The fraction of sp³-hybridized carbons (Fsp3) is 0.400. The summed E-state index contributed by atoms with van der Waals surface area (Å²) in [4.78, 5) is 0. The second-order valence-electron chi connectivity index (χ2n) is 3.23. The molecule has 2 N–H and O–H groups in total. The molecule has 1 aromatic carbocycles. The maximum atomic E-state index is 5.72. The predicted molar refractivity (Wildman–Crippen MR) is 56.2 cm³/mol. The predicted octanol–water partition coefficient (Wildman–Crippen LogP) is 2.65. The number of aryl methyl sites for hydroxylation is 1. The average Bonchev–Trinajstić information content (AvgIpc) is 1.98. The van der Waals surface area contributed by atoms with Gasteiger partial charge in [-0.2, -0.15) is 0 Å². The van der Waals surface area contributed by atoms with Crippen LogP contribution >= 0.6 is 15.9 Å². The molecule has 2 heteroatoms. The van der Waals surface area contributed by atoms with Crippen molar-refractivity contribution < 1.29 is 0 Å². The normalized spacial score (nSPS) is 13.0. The van der Waals surface area contributed by atoms with Gasteiger partial charge in [-0.1, -0.05) is 34.1 Å². The summed E-state index contributed by atoms with van der Waals surface area (Å²) in [5.74, 6) is 0. The van der Waals surface area contributed by atoms with Crippen LogP contribution in [0.2, 0.25) is 0 Å². The number of benzene rings is 1. The van der Waals surface area contributed by atoms with Gasteiger partial charge < -0.3 is 5.73 Å². The lowest BCUT2D eigenvalue weighted by Gasteiger charge is -2.08. The number of halogens is 1. The van der Waals surface area contributed by atoms with Crippen LogP contribution in [0.5, 0.6) is 0 Å². The summed E-state index contributed by atoms with van der Waals surface area (Å²) in [7, 11) is 0. The van der Waals surface area contributed by atoms with E-state index in [1.54, 1.807) is 0 Å². The summed E-state index contributed by atoms with van der Waals surface area (Å²) in [6, 6.07) is 6.50. The highest BCUT2D eigenvalue weighted by molar-refractivity contribution is 9.10. The topological polar surface area (TPSA) is 26.0 Å². The summed E-state index contributed by atoms with van der Waals surface area (Å²) < 4.78 is 1.20. The molecule has 12 heavy (non-hydrogen) atoms. The fourth-order valence-corrected chi connectivity index (χ4v) is 1.64. The molecule has 0 saturated carbocycles. The molecule has 1 nitrogen and oxygen atoms in total. The second-order valence-corrected chi connectivity index (χ2v) is 4.02. The van der Waals surface area contributed by atoms with Crippen LogP contribution in [0.15, 0.2) is 22.7 Å². The Bertz CT molecular complexity index is 269. The highest BCUT2D eigenvalue weighted by Crippen LogP contribution is 2.21. The number of hydrogen-bond donors (Lipinski definition) is 1. The van der Waals surface area contributed by atoms with E-state index in [9.17, 15) is 0 Å². The van der Waals surface area contributed by atoms with E-state index in [0.29, 0.717) is 0 Å². The minimum atomic E-state index is 0.225. The van der Waals surface area contributed by atoms with Gasteiger partial charge in [0.05, 0.1) is 0 Å². The van der Waals surface area contributed by atoms with Crippen molar-refractivity contribution in [1.29, 1.82) is 0 Å². The zero-order chi connectivity index (χ0) is 9.14. The zero-order valence-electron chi connectivity index (χ0n) is 7.47. The summed E-state index contributed by atoms with van der Waals surface area (Å²) in [5.41, 5.74) is 8.29. The van der Waals surface area contributed by atoms with Gasteiger partial charge in [0.15, 0.2) is 0 Å². The smallest absolute Gasteiger partial charge is 0.0237 e. The Hall–Kier alpha value is -0.340. The van der Waals surface area contributed by atoms with E-state index in [-0.39, 0.29) is 6.04 Å². The number of hydrogen-bond acceptors (Lipinski definition) is 1. The van der Waals surface area contributed by atoms with Crippen LogP contribution in [0.1, 0.15) is 18.1 Å². The first-order chi connectivity index (χ1) is 5.61. The van der Waals surface area contributed by atoms with Gasteiger partial charge in [-0.05, 0) is 31.4 Å². The van der Waals surface area contributed by atoms with Crippen LogP contribution in [0.25, 0.3) is 0 Å². The third kappa shape index (κ3) is 2.32. The van der Waals surface area contributed by atoms with Crippen LogP contribution in [0.4, 0.5) is 0 Å². The van der Waals surface area contributed by atoms with Gasteiger partial charge in [0.2, 0.25) is 0 Å². The molecule has 1 atom stereocenters. The van der Waals surface area contributed by atoms with Crippen molar-refractivity contribution in [3.63, 3.8) is 0 Å². The third-order valence-corrected chi connectivity index (χ3v) is 2.95. The minimum absolute atomic E-state index is 0.225. The quantitative estimate of drug-likeness (QED) is 0.827. The lowest BCUT2D eigenvalue weighted by molar-refractivity contribution is 0.735. The van der Waals surface area contributed by atoms with Gasteiger partial charge in [0.25, 0.3) is 0 Å². The van der Waals surface area contributed by atoms with E-state index in [1.165, 1.54) is 15.6 Å². The molecule has 0 aliphatic rings. The Balaban J connectivity index is 2.92. The van der Waals surface area contributed by atoms with Crippen molar-refractivity contribution in [1.82, 2.24) is 0 Å². The van der Waals surface area contributed by atoms with Crippen LogP contribution in [-0.2, 0) is 6.42 Å². The molecule has 0 heterocycles. The van der Waals surface area contributed by atoms with Gasteiger partial charge in [0, 0.05) is 10.5 Å². The first kappa shape index (κ1) is 9.75. The maximum Gasteiger partial charge on any atom is 0.0237 e. The first-order valence-electron chi connectivity index (χ1n) is 4.11. The molecule has 66 valence electrons. The Morgan fingerprint density at radius 3 is 2.75 bits per heavy atom. The standard InChI is InChI=1S/C10H14BrN/c1-7-4-3-5-9(10(7)11)6-8(2)12/h3-5,8H,6,12H2,1-2H3. The molecule has 0 aromatic heterocycles. The Morgan fingerprint density at radius 1 is 1.50 bits per heavy atom. The van der Waals surface area contributed by atoms with Gasteiger partial charge in [-0.15, -0.1) is 0 Å². The number of rotatable bonds is 2. The monoisotopic (exact) mass is 227 g/mol. The van der Waals surface area contributed by atoms with E-state index in [1.807, 2.05) is 6.92 Å². The van der Waals surface area contributed by atoms with E-state index in [4.69, 9.17) is 5.73 Å². The summed E-state index contributed by atoms with van der Waals surface area (Å²) >= 11 is 3.55. The Labute approximate surface area is 82.1 Å². The highest BCUT2D eigenvalue weighted by atomic mass is 79.9. The molecule has 0 aliphatic heterocycles. The second kappa shape index (κ2) is 4.06.